The number of anilines is 3. The van der Waals surface area contributed by atoms with Crippen molar-refractivity contribution in [3.63, 3.8) is 0 Å². The molecule has 5 aromatic rings. The Balaban J connectivity index is 0.755. The van der Waals surface area contributed by atoms with Crippen LogP contribution in [0.4, 0.5) is 26.2 Å². The summed E-state index contributed by atoms with van der Waals surface area (Å²) in [6, 6.07) is 17.7. The molecule has 4 saturated carbocycles. The van der Waals surface area contributed by atoms with E-state index in [2.05, 4.69) is 50.7 Å². The number of fused-ring (bicyclic) bond motifs is 2. The molecule has 5 atom stereocenters. The number of hydrogen-bond donors (Lipinski definition) is 11. The number of carboxylic acid groups (broad SMARTS) is 2. The molecule has 0 radical (unpaired) electrons. The van der Waals surface area contributed by atoms with E-state index in [9.17, 15) is 75.9 Å². The molecular weight excluding hydrogens is 1440 g/mol. The number of rotatable bonds is 34. The van der Waals surface area contributed by atoms with Gasteiger partial charge in [-0.05, 0) is 152 Å². The number of aromatic carboxylic acids is 1. The number of aliphatic carboxylic acids is 1. The van der Waals surface area contributed by atoms with Crippen molar-refractivity contribution in [3.05, 3.63) is 131 Å². The Kier molecular flexibility index (Phi) is 24.8. The monoisotopic (exact) mass is 1530 g/mol. The molecule has 576 valence electrons. The number of amides is 10. The zero-order valence-electron chi connectivity index (χ0n) is 60.5. The molecule has 0 spiro atoms. The average Bonchev–Trinajstić information content (AvgIpc) is 0.695. The zero-order valence-corrected chi connectivity index (χ0v) is 62.1. The Morgan fingerprint density at radius 1 is 0.796 bits per heavy atom. The van der Waals surface area contributed by atoms with Crippen molar-refractivity contribution in [2.24, 2.45) is 38.6 Å². The van der Waals surface area contributed by atoms with Gasteiger partial charge in [-0.15, -0.1) is 0 Å². The number of carbonyl (C=O) groups is 11. The number of para-hydroxylation sites is 1. The van der Waals surface area contributed by atoms with Crippen molar-refractivity contribution in [2.75, 3.05) is 67.2 Å². The van der Waals surface area contributed by atoms with Crippen molar-refractivity contribution in [1.29, 1.82) is 0 Å². The number of urea groups is 1. The molecule has 108 heavy (non-hydrogen) atoms. The highest BCUT2D eigenvalue weighted by Crippen LogP contribution is 2.71. The fourth-order valence-corrected chi connectivity index (χ4v) is 17.7. The van der Waals surface area contributed by atoms with Crippen LogP contribution in [-0.4, -0.2) is 189 Å². The molecule has 11 rings (SSSR count). The summed E-state index contributed by atoms with van der Waals surface area (Å²) in [7, 11) is -4.56. The number of nitrogens with one attached hydrogen (secondary N) is 6. The van der Waals surface area contributed by atoms with Crippen LogP contribution in [0.1, 0.15) is 142 Å². The summed E-state index contributed by atoms with van der Waals surface area (Å²) in [5, 5.41) is 36.2. The molecule has 32 nitrogen and oxygen atoms in total. The quantitative estimate of drug-likeness (QED) is 0.00986. The Hall–Kier alpha value is -10.7. The van der Waals surface area contributed by atoms with E-state index in [1.54, 1.807) is 39.0 Å². The lowest BCUT2D eigenvalue weighted by Crippen LogP contribution is -2.64. The van der Waals surface area contributed by atoms with E-state index in [4.69, 9.17) is 30.9 Å². The molecule has 0 saturated heterocycles. The van der Waals surface area contributed by atoms with Crippen molar-refractivity contribution in [1.82, 2.24) is 41.0 Å². The topological polar surface area (TPSA) is 473 Å². The summed E-state index contributed by atoms with van der Waals surface area (Å²) in [5.41, 5.74) is 14.9. The number of carbonyl (C=O) groups excluding carboxylic acids is 9. The molecule has 3 aromatic carbocycles. The van der Waals surface area contributed by atoms with Crippen LogP contribution in [0.15, 0.2) is 102 Å². The van der Waals surface area contributed by atoms with Gasteiger partial charge in [0.1, 0.15) is 37.1 Å². The number of thiazole rings is 1. The Morgan fingerprint density at radius 2 is 1.50 bits per heavy atom. The third-order valence-electron chi connectivity index (χ3n) is 20.2. The van der Waals surface area contributed by atoms with Gasteiger partial charge in [0, 0.05) is 92.1 Å². The Labute approximate surface area is 627 Å². The van der Waals surface area contributed by atoms with E-state index in [0.717, 1.165) is 57.7 Å². The first-order valence-electron chi connectivity index (χ1n) is 35.4. The van der Waals surface area contributed by atoms with Crippen molar-refractivity contribution < 1.29 is 85.4 Å². The van der Waals surface area contributed by atoms with Gasteiger partial charge in [-0.2, -0.15) is 8.42 Å². The van der Waals surface area contributed by atoms with Gasteiger partial charge < -0.3 is 67.5 Å². The van der Waals surface area contributed by atoms with E-state index >= 15 is 0 Å². The maximum Gasteiger partial charge on any atom is 0.410 e. The van der Waals surface area contributed by atoms with Crippen LogP contribution in [0.2, 0.25) is 0 Å². The molecule has 2 unspecified atom stereocenters. The lowest BCUT2D eigenvalue weighted by molar-refractivity contribution is -0.242. The van der Waals surface area contributed by atoms with Crippen LogP contribution in [0.5, 0.6) is 0 Å². The van der Waals surface area contributed by atoms with E-state index in [1.807, 2.05) is 41.3 Å². The Morgan fingerprint density at radius 3 is 2.16 bits per heavy atom. The molecule has 10 amide bonds. The fourth-order valence-electron chi connectivity index (χ4n) is 16.4. The highest BCUT2D eigenvalue weighted by Gasteiger charge is 2.66. The number of ether oxygens (including phenoxy) is 2. The number of aromatic nitrogens is 2. The van der Waals surface area contributed by atoms with Crippen molar-refractivity contribution in [2.45, 2.75) is 142 Å². The second kappa shape index (κ2) is 33.6. The smallest absolute Gasteiger partial charge is 0.410 e. The number of nitrogens with zero attached hydrogens (tertiary/aromatic N) is 6. The summed E-state index contributed by atoms with van der Waals surface area (Å²) < 4.78 is 47.6. The maximum atomic E-state index is 14.0. The molecule has 6 aliphatic rings. The number of imide groups is 1. The summed E-state index contributed by atoms with van der Waals surface area (Å²) in [6.45, 7) is 8.94. The minimum atomic E-state index is -4.56. The van der Waals surface area contributed by atoms with Crippen LogP contribution in [0.3, 0.4) is 0 Å². The number of nitrogens with two attached hydrogens (primary N) is 2. The molecular formula is C74H90N14O18S2. The molecule has 4 bridgehead atoms. The summed E-state index contributed by atoms with van der Waals surface area (Å²) >= 11 is 1.38. The SMILES string of the molecule is CC(=NCC12CC3(C)CC(C)(C1)CC(OCCN(CCS(=O)(=O)O)C(=O)OCc1ccc(NC(=O)[C@H](CCCNC(N)=O)NC(=O)[C@@H](NC(=O)[C@H](CCC(=O)O)NC(=O)CN4C(=O)C=CC4=O)C(C)C)cc1)(C3)C2)/C(=C\N)c1ccc(N2CCc3cccc(C(=O)Nc4nc5ccccc5s4)c3C2)nc1C(=O)O. The summed E-state index contributed by atoms with van der Waals surface area (Å²) in [6.07, 6.45) is 6.59. The van der Waals surface area contributed by atoms with Gasteiger partial charge in [-0.3, -0.25) is 58.1 Å². The fraction of sp³-hybridized carbons (Fsp3) is 0.459. The molecule has 4 aliphatic carbocycles. The number of pyridine rings is 1. The van der Waals surface area contributed by atoms with Crippen LogP contribution < -0.4 is 48.3 Å². The van der Waals surface area contributed by atoms with Crippen molar-refractivity contribution in [3.8, 4) is 0 Å². The lowest BCUT2D eigenvalue weighted by atomic mass is 9.39. The van der Waals surface area contributed by atoms with E-state index in [-0.39, 0.29) is 78.2 Å². The van der Waals surface area contributed by atoms with Crippen LogP contribution in [0.25, 0.3) is 15.8 Å². The van der Waals surface area contributed by atoms with E-state index < -0.39 is 131 Å². The normalized spacial score (nSPS) is 21.0. The van der Waals surface area contributed by atoms with Gasteiger partial charge in [0.25, 0.3) is 27.8 Å². The number of benzene rings is 3. The van der Waals surface area contributed by atoms with Crippen molar-refractivity contribution >= 4 is 125 Å². The third kappa shape index (κ3) is 20.1. The number of hydrogen-bond acceptors (Lipinski definition) is 21. The van der Waals surface area contributed by atoms with Gasteiger partial charge >= 0.3 is 24.1 Å². The number of carboxylic acids is 2. The summed E-state index contributed by atoms with van der Waals surface area (Å²) in [5.74, 6) is -9.00. The second-order valence-corrected chi connectivity index (χ2v) is 32.1. The maximum absolute atomic E-state index is 14.0. The van der Waals surface area contributed by atoms with Crippen LogP contribution in [0, 0.1) is 22.2 Å². The second-order valence-electron chi connectivity index (χ2n) is 29.5. The van der Waals surface area contributed by atoms with Crippen LogP contribution >= 0.6 is 11.3 Å². The molecule has 34 heteroatoms. The van der Waals surface area contributed by atoms with Gasteiger partial charge in [0.05, 0.1) is 28.2 Å². The highest BCUT2D eigenvalue weighted by atomic mass is 32.2. The summed E-state index contributed by atoms with van der Waals surface area (Å²) in [4.78, 5) is 161. The highest BCUT2D eigenvalue weighted by molar-refractivity contribution is 7.85. The number of aliphatic imine (C=N–C) groups is 1. The standard InChI is InChI=1S/C74H90N14O18S2/c1-43(2)61(84-65(96)54(20-24-60(92)93)80-57(89)34-88-58(90)22-23-59(88)91)66(97)81-53(13-9-26-77-68(76)100)64(95)79-47-17-15-45(16-18-47)35-105-70(101)86(29-31-108(102,103)104)28-30-106-74-39-71(4)36-72(5,40-74)38-73(37-71,41-74)42-78-44(3)50(32-75)48-19-21-56(83-62(48)67(98)99)87-27-25-46-10-8-11-49(51(46)33-87)63(94)85-69-82-52-12-6-7-14-55(52)107-69/h6-8,10-12,14-19,21-23,32,43,53-54,61H,9,13,20,24-31,33-42,75H2,1-5H3,(H,79,95)(H,80,89)(H,81,97)(H,84,96)(H,92,93)(H,98,99)(H3,76,77,100)(H,82,85,94)(H,102,103,104)/b50-32+,78-44?/t53-,54-,61-,71?,72?,73?,74?/m0/s1. The molecule has 4 fully saturated rings. The van der Waals surface area contributed by atoms with E-state index in [0.29, 0.717) is 83.6 Å². The minimum Gasteiger partial charge on any atom is -0.481 e. The van der Waals surface area contributed by atoms with E-state index in [1.165, 1.54) is 41.8 Å². The average molecular weight is 1530 g/mol. The number of primary amides is 1. The van der Waals surface area contributed by atoms with Gasteiger partial charge in [-0.25, -0.2) is 24.4 Å². The number of allylic oxidation sites excluding steroid dienone is 1. The molecule has 4 heterocycles. The predicted molar refractivity (Wildman–Crippen MR) is 399 cm³/mol. The first-order valence-corrected chi connectivity index (χ1v) is 37.9. The Bertz CT molecular complexity index is 4490. The first kappa shape index (κ1) is 79.8. The van der Waals surface area contributed by atoms with Gasteiger partial charge in [0.15, 0.2) is 10.8 Å². The minimum absolute atomic E-state index is 0.00705. The zero-order chi connectivity index (χ0) is 78.0. The van der Waals surface area contributed by atoms with Crippen LogP contribution in [-0.2, 0) is 72.7 Å². The molecule has 13 N–H and O–H groups in total. The van der Waals surface area contributed by atoms with Gasteiger partial charge in [-0.1, -0.05) is 75.4 Å². The molecule has 2 aromatic heterocycles. The predicted octanol–water partition coefficient (Wildman–Crippen LogP) is 5.91. The lowest BCUT2D eigenvalue weighted by Gasteiger charge is -2.69. The first-order chi connectivity index (χ1) is 51.1. The molecule has 2 aliphatic heterocycles. The van der Waals surface area contributed by atoms with Gasteiger partial charge in [0.2, 0.25) is 23.6 Å². The largest absolute Gasteiger partial charge is 0.481 e. The third-order valence-corrected chi connectivity index (χ3v) is 21.8.